The van der Waals surface area contributed by atoms with E-state index in [1.807, 2.05) is 0 Å². The topological polar surface area (TPSA) is 33.1 Å². The van der Waals surface area contributed by atoms with Crippen molar-refractivity contribution in [2.24, 2.45) is 0 Å². The first-order chi connectivity index (χ1) is 8.33. The fraction of sp³-hybridized carbons (Fsp3) is 0.769. The Hall–Kier alpha value is -0.870. The Morgan fingerprint density at radius 3 is 3.06 bits per heavy atom. The maximum absolute atomic E-state index is 4.57. The van der Waals surface area contributed by atoms with Crippen LogP contribution >= 0.6 is 0 Å². The highest BCUT2D eigenvalue weighted by Crippen LogP contribution is 2.25. The Labute approximate surface area is 103 Å². The molecule has 2 fully saturated rings. The van der Waals surface area contributed by atoms with Crippen LogP contribution in [-0.2, 0) is 0 Å². The predicted octanol–water partition coefficient (Wildman–Crippen LogP) is 1.23. The van der Waals surface area contributed by atoms with Crippen molar-refractivity contribution >= 4 is 0 Å². The fourth-order valence-electron chi connectivity index (χ4n) is 3.03. The van der Waals surface area contributed by atoms with Gasteiger partial charge in [-0.25, -0.2) is 0 Å². The molecule has 4 nitrogen and oxygen atoms in total. The standard InChI is InChI=1S/C13H22N4/c1-16-6-4-13(10-16)17-9-12(8-15-17)11-3-2-5-14-7-11/h8-9,11,13-14H,2-7,10H2,1H3. The van der Waals surface area contributed by atoms with Crippen molar-refractivity contribution in [3.63, 3.8) is 0 Å². The van der Waals surface area contributed by atoms with Crippen LogP contribution in [0.5, 0.6) is 0 Å². The van der Waals surface area contributed by atoms with Crippen LogP contribution in [0.15, 0.2) is 12.4 Å². The number of piperidine rings is 1. The molecule has 0 aliphatic carbocycles. The molecule has 0 amide bonds. The van der Waals surface area contributed by atoms with E-state index in [1.54, 1.807) is 0 Å². The SMILES string of the molecule is CN1CCC(n2cc(C3CCCNC3)cn2)C1. The maximum Gasteiger partial charge on any atom is 0.0658 e. The minimum absolute atomic E-state index is 0.588. The molecule has 2 aliphatic heterocycles. The predicted molar refractivity (Wildman–Crippen MR) is 68.2 cm³/mol. The number of hydrogen-bond acceptors (Lipinski definition) is 3. The first kappa shape index (κ1) is 11.2. The highest BCUT2D eigenvalue weighted by atomic mass is 15.3. The van der Waals surface area contributed by atoms with Crippen LogP contribution in [0.2, 0.25) is 0 Å². The quantitative estimate of drug-likeness (QED) is 0.835. The molecule has 1 aromatic rings. The number of aromatic nitrogens is 2. The van der Waals surface area contributed by atoms with Gasteiger partial charge in [-0.1, -0.05) is 0 Å². The minimum Gasteiger partial charge on any atom is -0.316 e. The molecule has 1 N–H and O–H groups in total. The lowest BCUT2D eigenvalue weighted by Crippen LogP contribution is -2.28. The summed E-state index contributed by atoms with van der Waals surface area (Å²) in [5, 5.41) is 8.04. The number of nitrogens with zero attached hydrogens (tertiary/aromatic N) is 3. The van der Waals surface area contributed by atoms with Crippen LogP contribution in [0.1, 0.15) is 36.8 Å². The minimum atomic E-state index is 0.588. The normalized spacial score (nSPS) is 30.9. The Kier molecular flexibility index (Phi) is 3.16. The van der Waals surface area contributed by atoms with Crippen molar-refractivity contribution in [1.82, 2.24) is 20.0 Å². The van der Waals surface area contributed by atoms with E-state index in [9.17, 15) is 0 Å². The van der Waals surface area contributed by atoms with Crippen molar-refractivity contribution in [2.45, 2.75) is 31.2 Å². The zero-order valence-electron chi connectivity index (χ0n) is 10.6. The van der Waals surface area contributed by atoms with E-state index in [0.717, 1.165) is 13.1 Å². The molecule has 0 saturated carbocycles. The lowest BCUT2D eigenvalue weighted by molar-refractivity contribution is 0.381. The first-order valence-electron chi connectivity index (χ1n) is 6.76. The molecule has 1 aromatic heterocycles. The highest BCUT2D eigenvalue weighted by molar-refractivity contribution is 5.13. The molecule has 94 valence electrons. The van der Waals surface area contributed by atoms with Gasteiger partial charge in [-0.15, -0.1) is 0 Å². The number of likely N-dealkylation sites (N-methyl/N-ethyl adjacent to an activating group) is 1. The molecule has 17 heavy (non-hydrogen) atoms. The molecule has 2 aliphatic rings. The molecular weight excluding hydrogens is 212 g/mol. The molecule has 0 radical (unpaired) electrons. The molecule has 0 spiro atoms. The number of nitrogens with one attached hydrogen (secondary N) is 1. The van der Waals surface area contributed by atoms with Gasteiger partial charge in [0, 0.05) is 19.3 Å². The van der Waals surface area contributed by atoms with Gasteiger partial charge < -0.3 is 10.2 Å². The van der Waals surface area contributed by atoms with Crippen LogP contribution in [0.25, 0.3) is 0 Å². The fourth-order valence-corrected chi connectivity index (χ4v) is 3.03. The monoisotopic (exact) mass is 234 g/mol. The number of hydrogen-bond donors (Lipinski definition) is 1. The third-order valence-electron chi connectivity index (χ3n) is 4.13. The average molecular weight is 234 g/mol. The summed E-state index contributed by atoms with van der Waals surface area (Å²) in [6.07, 6.45) is 8.20. The molecule has 2 saturated heterocycles. The van der Waals surface area contributed by atoms with Crippen LogP contribution < -0.4 is 5.32 Å². The van der Waals surface area contributed by atoms with Gasteiger partial charge in [-0.05, 0) is 50.9 Å². The second kappa shape index (κ2) is 4.78. The summed E-state index contributed by atoms with van der Waals surface area (Å²) < 4.78 is 2.19. The summed E-state index contributed by atoms with van der Waals surface area (Å²) in [5.74, 6) is 0.677. The van der Waals surface area contributed by atoms with Crippen molar-refractivity contribution in [2.75, 3.05) is 33.2 Å². The van der Waals surface area contributed by atoms with Gasteiger partial charge in [0.2, 0.25) is 0 Å². The molecule has 2 unspecified atom stereocenters. The molecular formula is C13H22N4. The van der Waals surface area contributed by atoms with Gasteiger partial charge in [-0.2, -0.15) is 5.10 Å². The summed E-state index contributed by atoms with van der Waals surface area (Å²) in [7, 11) is 2.19. The Bertz CT molecular complexity index is 348. The summed E-state index contributed by atoms with van der Waals surface area (Å²) in [5.41, 5.74) is 1.42. The van der Waals surface area contributed by atoms with E-state index >= 15 is 0 Å². The van der Waals surface area contributed by atoms with Gasteiger partial charge in [0.25, 0.3) is 0 Å². The van der Waals surface area contributed by atoms with Gasteiger partial charge >= 0.3 is 0 Å². The molecule has 0 aromatic carbocycles. The number of likely N-dealkylation sites (tertiary alicyclic amines) is 1. The molecule has 4 heteroatoms. The number of rotatable bonds is 2. The summed E-state index contributed by atoms with van der Waals surface area (Å²) in [4.78, 5) is 2.38. The third kappa shape index (κ3) is 2.38. The van der Waals surface area contributed by atoms with Crippen LogP contribution in [0.3, 0.4) is 0 Å². The largest absolute Gasteiger partial charge is 0.316 e. The van der Waals surface area contributed by atoms with E-state index < -0.39 is 0 Å². The van der Waals surface area contributed by atoms with Crippen molar-refractivity contribution in [3.8, 4) is 0 Å². The first-order valence-corrected chi connectivity index (χ1v) is 6.76. The highest BCUT2D eigenvalue weighted by Gasteiger charge is 2.23. The lowest BCUT2D eigenvalue weighted by Gasteiger charge is -2.21. The van der Waals surface area contributed by atoms with Gasteiger partial charge in [0.15, 0.2) is 0 Å². The second-order valence-corrected chi connectivity index (χ2v) is 5.50. The Morgan fingerprint density at radius 1 is 1.41 bits per heavy atom. The molecule has 2 atom stereocenters. The smallest absolute Gasteiger partial charge is 0.0658 e. The van der Waals surface area contributed by atoms with Crippen LogP contribution in [0, 0.1) is 0 Å². The van der Waals surface area contributed by atoms with Crippen molar-refractivity contribution < 1.29 is 0 Å². The van der Waals surface area contributed by atoms with Gasteiger partial charge in [0.1, 0.15) is 0 Å². The van der Waals surface area contributed by atoms with Crippen molar-refractivity contribution in [3.05, 3.63) is 18.0 Å². The summed E-state index contributed by atoms with van der Waals surface area (Å²) in [6.45, 7) is 4.64. The molecule has 0 bridgehead atoms. The molecule has 3 rings (SSSR count). The van der Waals surface area contributed by atoms with E-state index in [0.29, 0.717) is 12.0 Å². The third-order valence-corrected chi connectivity index (χ3v) is 4.13. The van der Waals surface area contributed by atoms with Crippen molar-refractivity contribution in [1.29, 1.82) is 0 Å². The summed E-state index contributed by atoms with van der Waals surface area (Å²) >= 11 is 0. The van der Waals surface area contributed by atoms with Crippen LogP contribution in [-0.4, -0.2) is 47.9 Å². The van der Waals surface area contributed by atoms with Gasteiger partial charge in [0.05, 0.1) is 12.2 Å². The average Bonchev–Trinajstić information content (AvgIpc) is 2.98. The Morgan fingerprint density at radius 2 is 2.35 bits per heavy atom. The summed E-state index contributed by atoms with van der Waals surface area (Å²) in [6, 6.07) is 0.588. The van der Waals surface area contributed by atoms with E-state index in [4.69, 9.17) is 0 Å². The van der Waals surface area contributed by atoms with E-state index in [1.165, 1.54) is 37.9 Å². The zero-order chi connectivity index (χ0) is 11.7. The van der Waals surface area contributed by atoms with E-state index in [-0.39, 0.29) is 0 Å². The van der Waals surface area contributed by atoms with E-state index in [2.05, 4.69) is 39.4 Å². The lowest BCUT2D eigenvalue weighted by atomic mass is 9.94. The van der Waals surface area contributed by atoms with Gasteiger partial charge in [-0.3, -0.25) is 4.68 Å². The Balaban J connectivity index is 1.69. The maximum atomic E-state index is 4.57. The second-order valence-electron chi connectivity index (χ2n) is 5.50. The van der Waals surface area contributed by atoms with Crippen LogP contribution in [0.4, 0.5) is 0 Å². The zero-order valence-corrected chi connectivity index (χ0v) is 10.6. The molecule has 3 heterocycles.